The van der Waals surface area contributed by atoms with Crippen molar-refractivity contribution in [2.45, 2.75) is 227 Å². The summed E-state index contributed by atoms with van der Waals surface area (Å²) in [5, 5.41) is 0. The Balaban J connectivity index is 0.966. The van der Waals surface area contributed by atoms with Crippen LogP contribution in [0.1, 0.15) is 208 Å². The molecule has 0 aromatic rings. The standard InChI is InChI=1S/C55H99NO4/c1-8-9-10-11-12-13-14-15-16-17-18-19-20-21-22-23-37-58-43-49(42-56-36-33-48(41-56)57-7)60-39-38-59-47-31-34-54(5)46(40-47)27-28-50-52-30-29-51(45(4)26-24-25-44(2)3)55(52,6)35-32-53(50)54/h15-16,27,44-45,47-53H,8-14,17-26,28-43H2,1-7H3/b16-15-/t45-,47+,48?,49?,50+,51-,52+,53+,54+,55-/m1/s1. The van der Waals surface area contributed by atoms with Crippen molar-refractivity contribution in [2.24, 2.45) is 46.3 Å². The first-order chi connectivity index (χ1) is 29.2. The molecule has 348 valence electrons. The molecule has 0 spiro atoms. The van der Waals surface area contributed by atoms with Crippen molar-refractivity contribution in [1.82, 2.24) is 4.90 Å². The fraction of sp³-hybridized carbons (Fsp3) is 0.927. The van der Waals surface area contributed by atoms with Crippen LogP contribution in [0.4, 0.5) is 0 Å². The van der Waals surface area contributed by atoms with Gasteiger partial charge >= 0.3 is 0 Å². The molecule has 0 aromatic heterocycles. The Bertz CT molecular complexity index is 1220. The number of unbranched alkanes of at least 4 members (excludes halogenated alkanes) is 12. The number of fused-ring (bicyclic) bond motifs is 5. The second-order valence-electron chi connectivity index (χ2n) is 21.9. The topological polar surface area (TPSA) is 40.2 Å². The molecular weight excluding hydrogens is 739 g/mol. The van der Waals surface area contributed by atoms with E-state index in [9.17, 15) is 0 Å². The Morgan fingerprint density at radius 3 is 2.20 bits per heavy atom. The summed E-state index contributed by atoms with van der Waals surface area (Å²) < 4.78 is 25.1. The van der Waals surface area contributed by atoms with Crippen LogP contribution in [0, 0.1) is 46.3 Å². The summed E-state index contributed by atoms with van der Waals surface area (Å²) in [5.74, 6) is 5.36. The molecule has 60 heavy (non-hydrogen) atoms. The van der Waals surface area contributed by atoms with Gasteiger partial charge in [0, 0.05) is 33.4 Å². The lowest BCUT2D eigenvalue weighted by molar-refractivity contribution is -0.0795. The molecular formula is C55H99NO4. The van der Waals surface area contributed by atoms with Crippen molar-refractivity contribution < 1.29 is 18.9 Å². The van der Waals surface area contributed by atoms with Crippen molar-refractivity contribution >= 4 is 0 Å². The first-order valence-electron chi connectivity index (χ1n) is 26.6. The second-order valence-corrected chi connectivity index (χ2v) is 21.9. The summed E-state index contributed by atoms with van der Waals surface area (Å²) in [6.45, 7) is 20.9. The third-order valence-corrected chi connectivity index (χ3v) is 17.2. The summed E-state index contributed by atoms with van der Waals surface area (Å²) in [6, 6.07) is 0. The van der Waals surface area contributed by atoms with Crippen LogP contribution in [0.25, 0.3) is 0 Å². The van der Waals surface area contributed by atoms with Gasteiger partial charge in [-0.1, -0.05) is 142 Å². The normalized spacial score (nSPS) is 31.7. The van der Waals surface area contributed by atoms with Crippen molar-refractivity contribution in [1.29, 1.82) is 0 Å². The van der Waals surface area contributed by atoms with E-state index in [1.165, 1.54) is 148 Å². The number of rotatable bonds is 31. The Morgan fingerprint density at radius 1 is 0.750 bits per heavy atom. The molecule has 1 heterocycles. The van der Waals surface area contributed by atoms with Gasteiger partial charge in [-0.15, -0.1) is 0 Å². The predicted molar refractivity (Wildman–Crippen MR) is 255 cm³/mol. The van der Waals surface area contributed by atoms with E-state index in [-0.39, 0.29) is 6.10 Å². The lowest BCUT2D eigenvalue weighted by Crippen LogP contribution is -2.51. The molecule has 2 unspecified atom stereocenters. The zero-order valence-electron chi connectivity index (χ0n) is 40.8. The molecule has 4 fully saturated rings. The highest BCUT2D eigenvalue weighted by Crippen LogP contribution is 2.67. The molecule has 0 N–H and O–H groups in total. The van der Waals surface area contributed by atoms with Crippen LogP contribution in [0.5, 0.6) is 0 Å². The molecule has 5 rings (SSSR count). The van der Waals surface area contributed by atoms with E-state index in [2.05, 4.69) is 64.7 Å². The number of likely N-dealkylation sites (tertiary alicyclic amines) is 1. The van der Waals surface area contributed by atoms with Gasteiger partial charge in [-0.05, 0) is 136 Å². The summed E-state index contributed by atoms with van der Waals surface area (Å²) in [4.78, 5) is 2.51. The summed E-state index contributed by atoms with van der Waals surface area (Å²) in [5.41, 5.74) is 2.68. The quantitative estimate of drug-likeness (QED) is 0.0514. The van der Waals surface area contributed by atoms with Crippen molar-refractivity contribution in [2.75, 3.05) is 53.2 Å². The summed E-state index contributed by atoms with van der Waals surface area (Å²) >= 11 is 0. The van der Waals surface area contributed by atoms with E-state index >= 15 is 0 Å². The predicted octanol–water partition coefficient (Wildman–Crippen LogP) is 14.6. The van der Waals surface area contributed by atoms with E-state index in [1.807, 2.05) is 7.11 Å². The number of methoxy groups -OCH3 is 1. The first-order valence-corrected chi connectivity index (χ1v) is 26.6. The van der Waals surface area contributed by atoms with E-state index in [0.29, 0.717) is 42.9 Å². The van der Waals surface area contributed by atoms with E-state index < -0.39 is 0 Å². The van der Waals surface area contributed by atoms with Crippen molar-refractivity contribution in [3.8, 4) is 0 Å². The van der Waals surface area contributed by atoms with Crippen LogP contribution in [0.2, 0.25) is 0 Å². The number of hydrogen-bond donors (Lipinski definition) is 0. The average molecular weight is 838 g/mol. The lowest BCUT2D eigenvalue weighted by atomic mass is 9.47. The first kappa shape index (κ1) is 50.3. The summed E-state index contributed by atoms with van der Waals surface area (Å²) in [6.07, 6.45) is 43.2. The van der Waals surface area contributed by atoms with Crippen LogP contribution in [0.15, 0.2) is 23.8 Å². The van der Waals surface area contributed by atoms with Gasteiger partial charge in [0.15, 0.2) is 0 Å². The maximum absolute atomic E-state index is 6.64. The number of allylic oxidation sites excluding steroid dienone is 3. The van der Waals surface area contributed by atoms with Gasteiger partial charge in [0.25, 0.3) is 0 Å². The highest BCUT2D eigenvalue weighted by Gasteiger charge is 2.59. The van der Waals surface area contributed by atoms with E-state index in [1.54, 1.807) is 5.57 Å². The Hall–Kier alpha value is -0.720. The van der Waals surface area contributed by atoms with Gasteiger partial charge < -0.3 is 18.9 Å². The zero-order chi connectivity index (χ0) is 42.6. The third kappa shape index (κ3) is 15.2. The van der Waals surface area contributed by atoms with Crippen LogP contribution < -0.4 is 0 Å². The van der Waals surface area contributed by atoms with Crippen LogP contribution >= 0.6 is 0 Å². The van der Waals surface area contributed by atoms with Gasteiger partial charge in [0.05, 0.1) is 38.1 Å². The number of nitrogens with zero attached hydrogens (tertiary/aromatic N) is 1. The average Bonchev–Trinajstić information content (AvgIpc) is 3.85. The third-order valence-electron chi connectivity index (χ3n) is 17.2. The maximum atomic E-state index is 6.64. The van der Waals surface area contributed by atoms with E-state index in [4.69, 9.17) is 18.9 Å². The molecule has 5 heteroatoms. The van der Waals surface area contributed by atoms with Crippen LogP contribution in [-0.2, 0) is 18.9 Å². The monoisotopic (exact) mass is 838 g/mol. The second kappa shape index (κ2) is 26.9. The molecule has 4 aliphatic carbocycles. The minimum Gasteiger partial charge on any atom is -0.380 e. The minimum absolute atomic E-state index is 0.0844. The lowest BCUT2D eigenvalue weighted by Gasteiger charge is -2.58. The minimum atomic E-state index is 0.0844. The summed E-state index contributed by atoms with van der Waals surface area (Å²) in [7, 11) is 1.85. The largest absolute Gasteiger partial charge is 0.380 e. The zero-order valence-corrected chi connectivity index (χ0v) is 40.8. The van der Waals surface area contributed by atoms with Gasteiger partial charge in [-0.2, -0.15) is 0 Å². The van der Waals surface area contributed by atoms with Crippen molar-refractivity contribution in [3.63, 3.8) is 0 Å². The molecule has 0 radical (unpaired) electrons. The Labute approximate surface area is 372 Å². The fourth-order valence-electron chi connectivity index (χ4n) is 13.5. The molecule has 1 aliphatic heterocycles. The molecule has 5 aliphatic rings. The number of ether oxygens (including phenoxy) is 4. The van der Waals surface area contributed by atoms with Gasteiger partial charge in [0.1, 0.15) is 0 Å². The molecule has 5 nitrogen and oxygen atoms in total. The highest BCUT2D eigenvalue weighted by atomic mass is 16.6. The van der Waals surface area contributed by atoms with Gasteiger partial charge in [-0.25, -0.2) is 0 Å². The molecule has 3 saturated carbocycles. The molecule has 0 bridgehead atoms. The molecule has 1 saturated heterocycles. The Morgan fingerprint density at radius 2 is 1.48 bits per heavy atom. The molecule has 10 atom stereocenters. The number of hydrogen-bond acceptors (Lipinski definition) is 5. The Kier molecular flexibility index (Phi) is 22.6. The van der Waals surface area contributed by atoms with Crippen LogP contribution in [0.3, 0.4) is 0 Å². The smallest absolute Gasteiger partial charge is 0.0936 e. The van der Waals surface area contributed by atoms with Crippen molar-refractivity contribution in [3.05, 3.63) is 23.8 Å². The molecule has 0 aromatic carbocycles. The maximum Gasteiger partial charge on any atom is 0.0936 e. The highest BCUT2D eigenvalue weighted by molar-refractivity contribution is 5.25. The van der Waals surface area contributed by atoms with E-state index in [0.717, 1.165) is 81.0 Å². The SMILES string of the molecule is CCCCCCCC/C=C\CCCCCCCCOCC(CN1CCC(OC)C1)OCCO[C@H]1CC[C@@]2(C)C(=CC[C@H]3[C@@H]4CC[C@H]([C@H](C)CCCC(C)C)[C@@]4(C)CC[C@@H]32)C1. The molecule has 0 amide bonds. The van der Waals surface area contributed by atoms with Gasteiger partial charge in [0.2, 0.25) is 0 Å². The van der Waals surface area contributed by atoms with Gasteiger partial charge in [-0.3, -0.25) is 4.90 Å². The fourth-order valence-corrected chi connectivity index (χ4v) is 13.5. The van der Waals surface area contributed by atoms with Crippen LogP contribution in [-0.4, -0.2) is 76.4 Å².